The maximum absolute atomic E-state index is 14.5. The van der Waals surface area contributed by atoms with Crippen LogP contribution >= 0.6 is 0 Å². The number of halogens is 3. The molecule has 0 radical (unpaired) electrons. The van der Waals surface area contributed by atoms with E-state index >= 15 is 0 Å². The van der Waals surface area contributed by atoms with Crippen LogP contribution in [0.25, 0.3) is 0 Å². The zero-order valence-electron chi connectivity index (χ0n) is 21.8. The maximum atomic E-state index is 14.5. The Hall–Kier alpha value is -3.42. The number of allylic oxidation sites excluding steroid dienone is 3. The third-order valence-corrected chi connectivity index (χ3v) is 8.10. The van der Waals surface area contributed by atoms with Gasteiger partial charge in [0.2, 0.25) is 0 Å². The van der Waals surface area contributed by atoms with E-state index in [9.17, 15) is 13.2 Å². The highest BCUT2D eigenvalue weighted by Crippen LogP contribution is 2.49. The largest absolute Gasteiger partial charge is 0.497 e. The van der Waals surface area contributed by atoms with Crippen molar-refractivity contribution in [1.82, 2.24) is 0 Å². The lowest BCUT2D eigenvalue weighted by Gasteiger charge is -2.36. The minimum Gasteiger partial charge on any atom is -0.497 e. The molecule has 2 aromatic rings. The van der Waals surface area contributed by atoms with Crippen molar-refractivity contribution in [3.8, 4) is 11.5 Å². The molecule has 0 amide bonds. The van der Waals surface area contributed by atoms with Gasteiger partial charge in [0, 0.05) is 30.4 Å². The van der Waals surface area contributed by atoms with Crippen LogP contribution in [0, 0.1) is 0 Å². The number of hydrogen-bond donors (Lipinski definition) is 0. The summed E-state index contributed by atoms with van der Waals surface area (Å²) in [6.07, 6.45) is 3.07. The molecule has 5 nitrogen and oxygen atoms in total. The lowest BCUT2D eigenvalue weighted by molar-refractivity contribution is -0.137. The van der Waals surface area contributed by atoms with E-state index in [2.05, 4.69) is 4.90 Å². The molecule has 0 unspecified atom stereocenters. The quantitative estimate of drug-likeness (QED) is 0.408. The molecule has 2 aliphatic carbocycles. The van der Waals surface area contributed by atoms with Gasteiger partial charge in [-0.3, -0.25) is 0 Å². The van der Waals surface area contributed by atoms with E-state index in [-0.39, 0.29) is 5.69 Å². The standard InChI is InChI=1S/C30H32F3N3O2/c1-37-22-15-20(16-23(18-22)38-2)28-24-9-6-10-25(24)29(19-7-5-8-19)36(34-28)27-17-21(35-13-3-4-14-35)11-12-26(27)30(31,32)33/h11-12,15-18H,3-10,13-14H2,1-2H3. The number of hydrazone groups is 1. The summed E-state index contributed by atoms with van der Waals surface area (Å²) in [5.74, 6) is 1.23. The Kier molecular flexibility index (Phi) is 6.36. The molecule has 8 heteroatoms. The first-order valence-electron chi connectivity index (χ1n) is 13.4. The Morgan fingerprint density at radius 2 is 1.45 bits per heavy atom. The molecule has 2 heterocycles. The molecular weight excluding hydrogens is 491 g/mol. The van der Waals surface area contributed by atoms with Crippen LogP contribution in [0.2, 0.25) is 0 Å². The monoisotopic (exact) mass is 523 g/mol. The molecule has 0 aromatic heterocycles. The Balaban J connectivity index is 1.58. The predicted octanol–water partition coefficient (Wildman–Crippen LogP) is 7.47. The van der Waals surface area contributed by atoms with Crippen LogP contribution in [0.1, 0.15) is 62.5 Å². The maximum Gasteiger partial charge on any atom is 0.418 e. The first kappa shape index (κ1) is 24.9. The van der Waals surface area contributed by atoms with Gasteiger partial charge in [-0.2, -0.15) is 18.3 Å². The van der Waals surface area contributed by atoms with Gasteiger partial charge < -0.3 is 14.4 Å². The van der Waals surface area contributed by atoms with Crippen molar-refractivity contribution in [3.05, 3.63) is 69.9 Å². The molecule has 0 atom stereocenters. The highest BCUT2D eigenvalue weighted by Gasteiger charge is 2.40. The number of benzene rings is 2. The lowest BCUT2D eigenvalue weighted by Crippen LogP contribution is -2.30. The van der Waals surface area contributed by atoms with Gasteiger partial charge in [-0.05, 0) is 98.4 Å². The highest BCUT2D eigenvalue weighted by molar-refractivity contribution is 6.15. The summed E-state index contributed by atoms with van der Waals surface area (Å²) in [6.45, 7) is 1.71. The molecule has 6 rings (SSSR count). The number of methoxy groups -OCH3 is 2. The predicted molar refractivity (Wildman–Crippen MR) is 143 cm³/mol. The summed E-state index contributed by atoms with van der Waals surface area (Å²) in [5, 5.41) is 6.66. The molecule has 0 bridgehead atoms. The summed E-state index contributed by atoms with van der Waals surface area (Å²) in [5.41, 5.74) is 6.06. The summed E-state index contributed by atoms with van der Waals surface area (Å²) >= 11 is 0. The molecule has 2 aliphatic heterocycles. The molecule has 0 spiro atoms. The van der Waals surface area contributed by atoms with Crippen LogP contribution < -0.4 is 19.4 Å². The first-order valence-corrected chi connectivity index (χ1v) is 13.4. The Morgan fingerprint density at radius 3 is 2.05 bits per heavy atom. The van der Waals surface area contributed by atoms with Gasteiger partial charge in [0.15, 0.2) is 0 Å². The van der Waals surface area contributed by atoms with Crippen molar-refractivity contribution in [2.45, 2.75) is 57.5 Å². The number of anilines is 2. The smallest absolute Gasteiger partial charge is 0.418 e. The van der Waals surface area contributed by atoms with Crippen LogP contribution in [0.3, 0.4) is 0 Å². The molecule has 1 saturated carbocycles. The summed E-state index contributed by atoms with van der Waals surface area (Å²) in [6, 6.07) is 10.1. The van der Waals surface area contributed by atoms with Gasteiger partial charge in [0.05, 0.1) is 36.9 Å². The molecule has 4 aliphatic rings. The van der Waals surface area contributed by atoms with Gasteiger partial charge in [0.25, 0.3) is 0 Å². The van der Waals surface area contributed by atoms with Crippen LogP contribution in [-0.2, 0) is 6.18 Å². The number of rotatable bonds is 5. The van der Waals surface area contributed by atoms with Crippen molar-refractivity contribution in [2.24, 2.45) is 5.10 Å². The molecule has 2 aromatic carbocycles. The second kappa shape index (κ2) is 9.71. The molecule has 200 valence electrons. The van der Waals surface area contributed by atoms with E-state index in [0.29, 0.717) is 17.2 Å². The van der Waals surface area contributed by atoms with E-state index in [4.69, 9.17) is 14.6 Å². The van der Waals surface area contributed by atoms with E-state index < -0.39 is 11.7 Å². The van der Waals surface area contributed by atoms with Gasteiger partial charge in [-0.15, -0.1) is 0 Å². The van der Waals surface area contributed by atoms with Crippen LogP contribution in [0.5, 0.6) is 11.5 Å². The Labute approximate surface area is 221 Å². The number of alkyl halides is 3. The van der Waals surface area contributed by atoms with Crippen molar-refractivity contribution >= 4 is 17.1 Å². The van der Waals surface area contributed by atoms with E-state index in [1.807, 2.05) is 12.1 Å². The lowest BCUT2D eigenvalue weighted by atomic mass is 9.85. The van der Waals surface area contributed by atoms with E-state index in [0.717, 1.165) is 92.6 Å². The summed E-state index contributed by atoms with van der Waals surface area (Å²) in [7, 11) is 3.18. The van der Waals surface area contributed by atoms with Gasteiger partial charge in [-0.1, -0.05) is 0 Å². The second-order valence-corrected chi connectivity index (χ2v) is 10.4. The zero-order valence-corrected chi connectivity index (χ0v) is 21.8. The molecular formula is C30H32F3N3O2. The first-order chi connectivity index (χ1) is 18.4. The second-order valence-electron chi connectivity index (χ2n) is 10.4. The minimum absolute atomic E-state index is 0.0992. The normalized spacial score (nSPS) is 19.6. The molecule has 38 heavy (non-hydrogen) atoms. The summed E-state index contributed by atoms with van der Waals surface area (Å²) in [4.78, 5) is 2.17. The Bertz CT molecular complexity index is 1320. The van der Waals surface area contributed by atoms with Crippen molar-refractivity contribution < 1.29 is 22.6 Å². The zero-order chi connectivity index (χ0) is 26.4. The fraction of sp³-hybridized carbons (Fsp3) is 0.433. The number of ether oxygens (including phenoxy) is 2. The average Bonchev–Trinajstić information content (AvgIpc) is 3.59. The molecule has 0 N–H and O–H groups in total. The van der Waals surface area contributed by atoms with Crippen LogP contribution in [0.15, 0.2) is 63.9 Å². The summed E-state index contributed by atoms with van der Waals surface area (Å²) < 4.78 is 54.4. The Morgan fingerprint density at radius 1 is 0.789 bits per heavy atom. The van der Waals surface area contributed by atoms with Gasteiger partial charge in [-0.25, -0.2) is 5.01 Å². The van der Waals surface area contributed by atoms with Crippen molar-refractivity contribution in [2.75, 3.05) is 37.2 Å². The van der Waals surface area contributed by atoms with Crippen LogP contribution in [-0.4, -0.2) is 33.0 Å². The number of hydrogen-bond acceptors (Lipinski definition) is 5. The van der Waals surface area contributed by atoms with E-state index in [1.54, 1.807) is 37.4 Å². The van der Waals surface area contributed by atoms with E-state index in [1.165, 1.54) is 11.6 Å². The van der Waals surface area contributed by atoms with Gasteiger partial charge in [0.1, 0.15) is 11.5 Å². The fourth-order valence-electron chi connectivity index (χ4n) is 6.02. The van der Waals surface area contributed by atoms with Crippen molar-refractivity contribution in [1.29, 1.82) is 0 Å². The molecule has 2 fully saturated rings. The van der Waals surface area contributed by atoms with Crippen molar-refractivity contribution in [3.63, 3.8) is 0 Å². The van der Waals surface area contributed by atoms with Gasteiger partial charge >= 0.3 is 6.18 Å². The minimum atomic E-state index is -4.51. The third kappa shape index (κ3) is 4.33. The van der Waals surface area contributed by atoms with Crippen LogP contribution in [0.4, 0.5) is 24.5 Å². The molecule has 1 saturated heterocycles. The number of nitrogens with zero attached hydrogens (tertiary/aromatic N) is 3. The highest BCUT2D eigenvalue weighted by atomic mass is 19.4. The average molecular weight is 524 g/mol. The SMILES string of the molecule is COc1cc(OC)cc(C2=NN(c3cc(N4CCCC4)ccc3C(F)(F)F)C(=C3CCC3)C3=C2CCC3)c1. The fourth-order valence-corrected chi connectivity index (χ4v) is 6.02. The third-order valence-electron chi connectivity index (χ3n) is 8.10. The topological polar surface area (TPSA) is 37.3 Å².